The summed E-state index contributed by atoms with van der Waals surface area (Å²) in [6.07, 6.45) is 7.74. The summed E-state index contributed by atoms with van der Waals surface area (Å²) in [5.74, 6) is 0. The van der Waals surface area contributed by atoms with Crippen molar-refractivity contribution in [1.29, 1.82) is 0 Å². The maximum absolute atomic E-state index is 4.62. The molecule has 1 aromatic heterocycles. The zero-order valence-electron chi connectivity index (χ0n) is 11.5. The first-order chi connectivity index (χ1) is 8.27. The molecule has 1 atom stereocenters. The number of nitrogens with one attached hydrogen (secondary N) is 1. The molecule has 0 saturated carbocycles. The van der Waals surface area contributed by atoms with Crippen LogP contribution in [-0.4, -0.2) is 11.5 Å². The predicted molar refractivity (Wildman–Crippen MR) is 76.6 cm³/mol. The van der Waals surface area contributed by atoms with Crippen LogP contribution in [0.25, 0.3) is 0 Å². The number of thiazole rings is 1. The SMILES string of the molecule is CCCCCCC(NCCC)c1csc(C)n1. The maximum Gasteiger partial charge on any atom is 0.0898 e. The average Bonchev–Trinajstić information content (AvgIpc) is 2.75. The van der Waals surface area contributed by atoms with E-state index in [1.165, 1.54) is 49.2 Å². The minimum atomic E-state index is 0.469. The molecule has 0 amide bonds. The molecule has 2 nitrogen and oxygen atoms in total. The molecule has 0 spiro atoms. The molecule has 1 unspecified atom stereocenters. The second kappa shape index (κ2) is 8.65. The Bertz CT molecular complexity index is 296. The normalized spacial score (nSPS) is 12.9. The summed E-state index contributed by atoms with van der Waals surface area (Å²) in [6.45, 7) is 7.65. The monoisotopic (exact) mass is 254 g/mol. The molecule has 1 aromatic rings. The molecule has 1 heterocycles. The van der Waals surface area contributed by atoms with Gasteiger partial charge in [-0.15, -0.1) is 11.3 Å². The zero-order valence-corrected chi connectivity index (χ0v) is 12.3. The van der Waals surface area contributed by atoms with Gasteiger partial charge >= 0.3 is 0 Å². The number of nitrogens with zero attached hydrogens (tertiary/aromatic N) is 1. The molecule has 0 aliphatic carbocycles. The summed E-state index contributed by atoms with van der Waals surface area (Å²) in [4.78, 5) is 4.62. The van der Waals surface area contributed by atoms with E-state index in [1.54, 1.807) is 11.3 Å². The fourth-order valence-corrected chi connectivity index (χ4v) is 2.65. The summed E-state index contributed by atoms with van der Waals surface area (Å²) in [7, 11) is 0. The quantitative estimate of drug-likeness (QED) is 0.658. The van der Waals surface area contributed by atoms with Gasteiger partial charge in [-0.2, -0.15) is 0 Å². The van der Waals surface area contributed by atoms with Gasteiger partial charge in [-0.3, -0.25) is 0 Å². The van der Waals surface area contributed by atoms with Gasteiger partial charge in [0.05, 0.1) is 16.7 Å². The molecule has 0 aliphatic rings. The molecule has 3 heteroatoms. The Balaban J connectivity index is 2.42. The summed E-state index contributed by atoms with van der Waals surface area (Å²) in [6, 6.07) is 0.469. The summed E-state index contributed by atoms with van der Waals surface area (Å²) >= 11 is 1.76. The number of rotatable bonds is 9. The lowest BCUT2D eigenvalue weighted by Crippen LogP contribution is -2.22. The zero-order chi connectivity index (χ0) is 12.5. The largest absolute Gasteiger partial charge is 0.309 e. The third-order valence-corrected chi connectivity index (χ3v) is 3.77. The van der Waals surface area contributed by atoms with Gasteiger partial charge < -0.3 is 5.32 Å². The van der Waals surface area contributed by atoms with E-state index < -0.39 is 0 Å². The van der Waals surface area contributed by atoms with Gasteiger partial charge in [-0.05, 0) is 26.3 Å². The van der Waals surface area contributed by atoms with E-state index in [-0.39, 0.29) is 0 Å². The van der Waals surface area contributed by atoms with Crippen molar-refractivity contribution in [3.63, 3.8) is 0 Å². The Hall–Kier alpha value is -0.410. The van der Waals surface area contributed by atoms with Crippen LogP contribution in [0, 0.1) is 6.92 Å². The molecule has 98 valence electrons. The standard InChI is InChI=1S/C14H26N2S/c1-4-6-7-8-9-13(15-10-5-2)14-11-17-12(3)16-14/h11,13,15H,4-10H2,1-3H3. The van der Waals surface area contributed by atoms with Crippen molar-refractivity contribution in [3.8, 4) is 0 Å². The van der Waals surface area contributed by atoms with E-state index in [2.05, 4.69) is 36.5 Å². The van der Waals surface area contributed by atoms with Gasteiger partial charge in [0.15, 0.2) is 0 Å². The molecule has 17 heavy (non-hydrogen) atoms. The van der Waals surface area contributed by atoms with Crippen molar-refractivity contribution < 1.29 is 0 Å². The van der Waals surface area contributed by atoms with E-state index in [0.29, 0.717) is 6.04 Å². The van der Waals surface area contributed by atoms with Gasteiger partial charge in [-0.1, -0.05) is 39.5 Å². The van der Waals surface area contributed by atoms with Crippen LogP contribution in [0.1, 0.15) is 69.1 Å². The Morgan fingerprint density at radius 1 is 1.24 bits per heavy atom. The fourth-order valence-electron chi connectivity index (χ4n) is 1.99. The summed E-state index contributed by atoms with van der Waals surface area (Å²) in [5.41, 5.74) is 1.25. The smallest absolute Gasteiger partial charge is 0.0898 e. The first-order valence-corrected chi connectivity index (χ1v) is 7.81. The van der Waals surface area contributed by atoms with Gasteiger partial charge in [0.25, 0.3) is 0 Å². The molecule has 1 N–H and O–H groups in total. The van der Waals surface area contributed by atoms with Crippen molar-refractivity contribution >= 4 is 11.3 Å². The van der Waals surface area contributed by atoms with Crippen molar-refractivity contribution in [1.82, 2.24) is 10.3 Å². The first-order valence-electron chi connectivity index (χ1n) is 6.93. The summed E-state index contributed by atoms with van der Waals surface area (Å²) in [5, 5.41) is 7.01. The highest BCUT2D eigenvalue weighted by Gasteiger charge is 2.12. The number of aromatic nitrogens is 1. The van der Waals surface area contributed by atoms with Crippen molar-refractivity contribution in [3.05, 3.63) is 16.1 Å². The molecule has 1 rings (SSSR count). The highest BCUT2D eigenvalue weighted by atomic mass is 32.1. The van der Waals surface area contributed by atoms with E-state index >= 15 is 0 Å². The third-order valence-electron chi connectivity index (χ3n) is 2.98. The van der Waals surface area contributed by atoms with Crippen molar-refractivity contribution in [2.75, 3.05) is 6.54 Å². The highest BCUT2D eigenvalue weighted by molar-refractivity contribution is 7.09. The number of hydrogen-bond donors (Lipinski definition) is 1. The number of hydrogen-bond acceptors (Lipinski definition) is 3. The van der Waals surface area contributed by atoms with Crippen LogP contribution in [0.2, 0.25) is 0 Å². The molecule has 0 bridgehead atoms. The second-order valence-electron chi connectivity index (χ2n) is 4.65. The maximum atomic E-state index is 4.62. The Morgan fingerprint density at radius 3 is 2.65 bits per heavy atom. The number of unbranched alkanes of at least 4 members (excludes halogenated alkanes) is 3. The Morgan fingerprint density at radius 2 is 2.06 bits per heavy atom. The van der Waals surface area contributed by atoms with E-state index in [4.69, 9.17) is 0 Å². The lowest BCUT2D eigenvalue weighted by molar-refractivity contribution is 0.463. The lowest BCUT2D eigenvalue weighted by atomic mass is 10.1. The topological polar surface area (TPSA) is 24.9 Å². The molecule has 0 aromatic carbocycles. The van der Waals surface area contributed by atoms with Crippen LogP contribution in [0.4, 0.5) is 0 Å². The Kier molecular flexibility index (Phi) is 7.45. The van der Waals surface area contributed by atoms with Gasteiger partial charge in [0.1, 0.15) is 0 Å². The van der Waals surface area contributed by atoms with Crippen LogP contribution < -0.4 is 5.32 Å². The minimum Gasteiger partial charge on any atom is -0.309 e. The minimum absolute atomic E-state index is 0.469. The van der Waals surface area contributed by atoms with Crippen LogP contribution in [0.3, 0.4) is 0 Å². The van der Waals surface area contributed by atoms with E-state index in [1.807, 2.05) is 0 Å². The first kappa shape index (κ1) is 14.7. The van der Waals surface area contributed by atoms with Crippen LogP contribution in [-0.2, 0) is 0 Å². The molecule has 0 saturated heterocycles. The predicted octanol–water partition coefficient (Wildman–Crippen LogP) is 4.46. The molecular formula is C14H26N2S. The van der Waals surface area contributed by atoms with E-state index in [9.17, 15) is 0 Å². The van der Waals surface area contributed by atoms with Gasteiger partial charge in [0.2, 0.25) is 0 Å². The van der Waals surface area contributed by atoms with Crippen molar-refractivity contribution in [2.45, 2.75) is 65.3 Å². The molecular weight excluding hydrogens is 228 g/mol. The average molecular weight is 254 g/mol. The lowest BCUT2D eigenvalue weighted by Gasteiger charge is -2.16. The third kappa shape index (κ3) is 5.64. The Labute approximate surface area is 110 Å². The van der Waals surface area contributed by atoms with Crippen LogP contribution in [0.15, 0.2) is 5.38 Å². The van der Waals surface area contributed by atoms with Gasteiger partial charge in [0, 0.05) is 5.38 Å². The van der Waals surface area contributed by atoms with E-state index in [0.717, 1.165) is 6.54 Å². The molecule has 0 fully saturated rings. The molecule has 0 radical (unpaired) electrons. The van der Waals surface area contributed by atoms with Crippen molar-refractivity contribution in [2.24, 2.45) is 0 Å². The fraction of sp³-hybridized carbons (Fsp3) is 0.786. The molecule has 0 aliphatic heterocycles. The van der Waals surface area contributed by atoms with Crippen LogP contribution >= 0.6 is 11.3 Å². The van der Waals surface area contributed by atoms with Crippen LogP contribution in [0.5, 0.6) is 0 Å². The highest BCUT2D eigenvalue weighted by Crippen LogP contribution is 2.22. The van der Waals surface area contributed by atoms with Gasteiger partial charge in [-0.25, -0.2) is 4.98 Å². The number of aryl methyl sites for hydroxylation is 1. The second-order valence-corrected chi connectivity index (χ2v) is 5.71. The summed E-state index contributed by atoms with van der Waals surface area (Å²) < 4.78 is 0.